The van der Waals surface area contributed by atoms with Crippen LogP contribution < -0.4 is 11.1 Å². The number of nitrogen functional groups attached to an aromatic ring is 1. The van der Waals surface area contributed by atoms with Gasteiger partial charge in [0.15, 0.2) is 0 Å². The second-order valence-electron chi connectivity index (χ2n) is 5.67. The number of fused-ring (bicyclic) bond motifs is 2. The van der Waals surface area contributed by atoms with Gasteiger partial charge >= 0.3 is 0 Å². The Labute approximate surface area is 112 Å². The predicted octanol–water partition coefficient (Wildman–Crippen LogP) is 3.91. The van der Waals surface area contributed by atoms with Crippen molar-refractivity contribution in [1.29, 1.82) is 0 Å². The lowest BCUT2D eigenvalue weighted by molar-refractivity contribution is 0.348. The van der Waals surface area contributed by atoms with E-state index in [-0.39, 0.29) is 5.02 Å². The van der Waals surface area contributed by atoms with Gasteiger partial charge in [-0.15, -0.1) is 0 Å². The lowest BCUT2D eigenvalue weighted by atomic mass is 9.89. The standard InChI is InChI=1S/C14H18ClFN2/c15-11-5-13(17)14(6-12(11)16)18-7-10-4-8-1-2-9(10)3-8/h5-6,8-10,18H,1-4,7,17H2. The van der Waals surface area contributed by atoms with Crippen LogP contribution in [0, 0.1) is 23.6 Å². The van der Waals surface area contributed by atoms with E-state index < -0.39 is 5.82 Å². The van der Waals surface area contributed by atoms with Gasteiger partial charge in [0.1, 0.15) is 5.82 Å². The molecule has 3 atom stereocenters. The molecule has 0 radical (unpaired) electrons. The lowest BCUT2D eigenvalue weighted by Gasteiger charge is -2.22. The molecular weight excluding hydrogens is 251 g/mol. The molecule has 2 aliphatic carbocycles. The van der Waals surface area contributed by atoms with Crippen LogP contribution in [-0.2, 0) is 0 Å². The van der Waals surface area contributed by atoms with Gasteiger partial charge < -0.3 is 11.1 Å². The second kappa shape index (κ2) is 4.61. The first kappa shape index (κ1) is 12.1. The number of anilines is 2. The zero-order chi connectivity index (χ0) is 12.7. The van der Waals surface area contributed by atoms with Gasteiger partial charge in [0, 0.05) is 12.6 Å². The molecule has 3 rings (SSSR count). The van der Waals surface area contributed by atoms with E-state index in [0.717, 1.165) is 24.3 Å². The summed E-state index contributed by atoms with van der Waals surface area (Å²) in [4.78, 5) is 0. The molecule has 4 heteroatoms. The van der Waals surface area contributed by atoms with Crippen molar-refractivity contribution in [3.05, 3.63) is 23.0 Å². The number of benzene rings is 1. The van der Waals surface area contributed by atoms with Gasteiger partial charge in [-0.25, -0.2) is 4.39 Å². The SMILES string of the molecule is Nc1cc(Cl)c(F)cc1NCC1CC2CCC1C2. The molecule has 1 aromatic rings. The summed E-state index contributed by atoms with van der Waals surface area (Å²) >= 11 is 5.68. The van der Waals surface area contributed by atoms with E-state index in [1.54, 1.807) is 0 Å². The van der Waals surface area contributed by atoms with Crippen LogP contribution in [0.25, 0.3) is 0 Å². The van der Waals surface area contributed by atoms with Gasteiger partial charge in [-0.1, -0.05) is 18.0 Å². The fourth-order valence-electron chi connectivity index (χ4n) is 3.58. The van der Waals surface area contributed by atoms with Crippen LogP contribution in [0.1, 0.15) is 25.7 Å². The summed E-state index contributed by atoms with van der Waals surface area (Å²) in [6, 6.07) is 2.87. The summed E-state index contributed by atoms with van der Waals surface area (Å²) in [5, 5.41) is 3.37. The average Bonchev–Trinajstić information content (AvgIpc) is 2.94. The van der Waals surface area contributed by atoms with Crippen molar-refractivity contribution in [1.82, 2.24) is 0 Å². The van der Waals surface area contributed by atoms with E-state index in [0.29, 0.717) is 11.4 Å². The van der Waals surface area contributed by atoms with Crippen molar-refractivity contribution in [2.75, 3.05) is 17.6 Å². The number of rotatable bonds is 3. The maximum absolute atomic E-state index is 13.4. The van der Waals surface area contributed by atoms with Gasteiger partial charge in [-0.05, 0) is 43.1 Å². The highest BCUT2D eigenvalue weighted by molar-refractivity contribution is 6.31. The van der Waals surface area contributed by atoms with Gasteiger partial charge in [-0.2, -0.15) is 0 Å². The van der Waals surface area contributed by atoms with Crippen LogP contribution in [0.15, 0.2) is 12.1 Å². The fourth-order valence-corrected chi connectivity index (χ4v) is 3.75. The summed E-state index contributed by atoms with van der Waals surface area (Å²) in [6.45, 7) is 0.895. The molecule has 2 saturated carbocycles. The maximum Gasteiger partial charge on any atom is 0.143 e. The maximum atomic E-state index is 13.4. The van der Waals surface area contributed by atoms with E-state index in [1.165, 1.54) is 37.8 Å². The fraction of sp³-hybridized carbons (Fsp3) is 0.571. The monoisotopic (exact) mass is 268 g/mol. The minimum absolute atomic E-state index is 0.0815. The van der Waals surface area contributed by atoms with E-state index in [2.05, 4.69) is 5.32 Å². The van der Waals surface area contributed by atoms with Crippen molar-refractivity contribution in [3.8, 4) is 0 Å². The quantitative estimate of drug-likeness (QED) is 0.816. The predicted molar refractivity (Wildman–Crippen MR) is 73.3 cm³/mol. The molecule has 18 heavy (non-hydrogen) atoms. The van der Waals surface area contributed by atoms with Crippen molar-refractivity contribution in [3.63, 3.8) is 0 Å². The van der Waals surface area contributed by atoms with Gasteiger partial charge in [0.25, 0.3) is 0 Å². The molecule has 0 aliphatic heterocycles. The summed E-state index contributed by atoms with van der Waals surface area (Å²) in [5.41, 5.74) is 7.02. The molecule has 0 saturated heterocycles. The third kappa shape index (κ3) is 2.16. The van der Waals surface area contributed by atoms with Gasteiger partial charge in [-0.3, -0.25) is 0 Å². The van der Waals surface area contributed by atoms with Crippen molar-refractivity contribution in [2.24, 2.45) is 17.8 Å². The molecule has 0 amide bonds. The summed E-state index contributed by atoms with van der Waals surface area (Å²) in [7, 11) is 0. The van der Waals surface area contributed by atoms with Crippen LogP contribution >= 0.6 is 11.6 Å². The molecule has 2 nitrogen and oxygen atoms in total. The number of hydrogen-bond acceptors (Lipinski definition) is 2. The third-order valence-electron chi connectivity index (χ3n) is 4.53. The Hall–Kier alpha value is -0.960. The van der Waals surface area contributed by atoms with Crippen molar-refractivity contribution in [2.45, 2.75) is 25.7 Å². The Morgan fingerprint density at radius 3 is 2.83 bits per heavy atom. The zero-order valence-corrected chi connectivity index (χ0v) is 11.0. The van der Waals surface area contributed by atoms with Crippen LogP contribution in [0.4, 0.5) is 15.8 Å². The molecule has 1 aromatic carbocycles. The minimum atomic E-state index is -0.415. The highest BCUT2D eigenvalue weighted by Gasteiger charge is 2.39. The molecule has 2 fully saturated rings. The molecule has 3 N–H and O–H groups in total. The minimum Gasteiger partial charge on any atom is -0.397 e. The van der Waals surface area contributed by atoms with Crippen LogP contribution in [0.3, 0.4) is 0 Å². The number of nitrogens with one attached hydrogen (secondary N) is 1. The largest absolute Gasteiger partial charge is 0.397 e. The average molecular weight is 269 g/mol. The van der Waals surface area contributed by atoms with E-state index >= 15 is 0 Å². The molecule has 0 aromatic heterocycles. The highest BCUT2D eigenvalue weighted by Crippen LogP contribution is 2.48. The molecule has 98 valence electrons. The topological polar surface area (TPSA) is 38.0 Å². The highest BCUT2D eigenvalue weighted by atomic mass is 35.5. The summed E-state index contributed by atoms with van der Waals surface area (Å²) in [6.07, 6.45) is 5.46. The lowest BCUT2D eigenvalue weighted by Crippen LogP contribution is -2.20. The first-order valence-corrected chi connectivity index (χ1v) is 6.99. The van der Waals surface area contributed by atoms with Gasteiger partial charge in [0.05, 0.1) is 16.4 Å². The normalized spacial score (nSPS) is 29.8. The first-order valence-electron chi connectivity index (χ1n) is 6.62. The third-order valence-corrected chi connectivity index (χ3v) is 4.82. The molecule has 2 aliphatic rings. The van der Waals surface area contributed by atoms with E-state index in [1.807, 2.05) is 0 Å². The summed E-state index contributed by atoms with van der Waals surface area (Å²) < 4.78 is 13.4. The molecule has 0 spiro atoms. The Morgan fingerprint density at radius 2 is 2.17 bits per heavy atom. The molecule has 3 unspecified atom stereocenters. The Balaban J connectivity index is 1.65. The molecule has 2 bridgehead atoms. The Morgan fingerprint density at radius 1 is 1.33 bits per heavy atom. The zero-order valence-electron chi connectivity index (χ0n) is 10.3. The van der Waals surface area contributed by atoms with E-state index in [9.17, 15) is 4.39 Å². The smallest absolute Gasteiger partial charge is 0.143 e. The Kier molecular flexibility index (Phi) is 3.10. The van der Waals surface area contributed by atoms with Crippen molar-refractivity contribution < 1.29 is 4.39 Å². The second-order valence-corrected chi connectivity index (χ2v) is 6.08. The van der Waals surface area contributed by atoms with Crippen LogP contribution in [0.5, 0.6) is 0 Å². The van der Waals surface area contributed by atoms with Crippen molar-refractivity contribution >= 4 is 23.0 Å². The van der Waals surface area contributed by atoms with Crippen LogP contribution in [0.2, 0.25) is 5.02 Å². The number of hydrogen-bond donors (Lipinski definition) is 2. The molecular formula is C14H18ClFN2. The number of nitrogens with two attached hydrogens (primary N) is 1. The molecule has 0 heterocycles. The summed E-state index contributed by atoms with van der Waals surface area (Å²) in [5.74, 6) is 2.10. The van der Waals surface area contributed by atoms with Gasteiger partial charge in [0.2, 0.25) is 0 Å². The first-order chi connectivity index (χ1) is 8.63. The van der Waals surface area contributed by atoms with Crippen LogP contribution in [-0.4, -0.2) is 6.54 Å². The number of halogens is 2. The van der Waals surface area contributed by atoms with E-state index in [4.69, 9.17) is 17.3 Å². The Bertz CT molecular complexity index is 463.